The zero-order valence-electron chi connectivity index (χ0n) is 8.14. The minimum atomic E-state index is -0.392. The van der Waals surface area contributed by atoms with Crippen LogP contribution in [0.1, 0.15) is 0 Å². The molecule has 2 rings (SSSR count). The minimum Gasteiger partial charge on any atom is -0.497 e. The van der Waals surface area contributed by atoms with Gasteiger partial charge in [-0.15, -0.1) is 0 Å². The fourth-order valence-corrected chi connectivity index (χ4v) is 1.18. The Morgan fingerprint density at radius 3 is 2.87 bits per heavy atom. The largest absolute Gasteiger partial charge is 0.497 e. The maximum atomic E-state index is 10.8. The fourth-order valence-electron chi connectivity index (χ4n) is 1.18. The van der Waals surface area contributed by atoms with Crippen molar-refractivity contribution in [2.24, 2.45) is 4.99 Å². The van der Waals surface area contributed by atoms with E-state index in [1.54, 1.807) is 19.2 Å². The third-order valence-corrected chi connectivity index (χ3v) is 1.86. The third-order valence-electron chi connectivity index (χ3n) is 1.86. The number of cyclic esters (lactones) is 1. The Morgan fingerprint density at radius 1 is 1.33 bits per heavy atom. The molecule has 0 N–H and O–H groups in total. The molecule has 0 spiro atoms. The standard InChI is InChI=1S/C11H9NO3/c1-14-9-4-2-3-8(7-9)12-10-5-6-11(13)15-10/h2-7H,1H3. The van der Waals surface area contributed by atoms with Gasteiger partial charge in [-0.05, 0) is 12.1 Å². The van der Waals surface area contributed by atoms with E-state index in [2.05, 4.69) is 4.99 Å². The Labute approximate surface area is 86.8 Å². The SMILES string of the molecule is COc1cccc(N=C2C=CC(=O)O2)c1. The first-order chi connectivity index (χ1) is 7.28. The van der Waals surface area contributed by atoms with Gasteiger partial charge in [0.25, 0.3) is 0 Å². The van der Waals surface area contributed by atoms with Gasteiger partial charge in [0.05, 0.1) is 12.8 Å². The number of carbonyl (C=O) groups is 1. The molecule has 0 amide bonds. The van der Waals surface area contributed by atoms with Crippen LogP contribution in [0.25, 0.3) is 0 Å². The number of aliphatic imine (C=N–C) groups is 1. The van der Waals surface area contributed by atoms with Crippen LogP contribution in [0.4, 0.5) is 5.69 Å². The lowest BCUT2D eigenvalue weighted by Gasteiger charge is -2.00. The lowest BCUT2D eigenvalue weighted by Crippen LogP contribution is -1.98. The van der Waals surface area contributed by atoms with Gasteiger partial charge < -0.3 is 9.47 Å². The Bertz CT molecular complexity index is 449. The van der Waals surface area contributed by atoms with Crippen LogP contribution in [0, 0.1) is 0 Å². The summed E-state index contributed by atoms with van der Waals surface area (Å²) in [6.45, 7) is 0. The molecule has 1 aromatic carbocycles. The molecule has 4 nitrogen and oxygen atoms in total. The summed E-state index contributed by atoms with van der Waals surface area (Å²) in [5, 5.41) is 0. The van der Waals surface area contributed by atoms with E-state index in [0.29, 0.717) is 17.3 Å². The number of esters is 1. The molecule has 0 atom stereocenters. The van der Waals surface area contributed by atoms with E-state index in [-0.39, 0.29) is 0 Å². The molecule has 0 radical (unpaired) electrons. The van der Waals surface area contributed by atoms with Crippen molar-refractivity contribution in [3.8, 4) is 5.75 Å². The molecule has 0 bridgehead atoms. The zero-order chi connectivity index (χ0) is 10.7. The summed E-state index contributed by atoms with van der Waals surface area (Å²) >= 11 is 0. The summed E-state index contributed by atoms with van der Waals surface area (Å²) in [5.74, 6) is 0.620. The number of nitrogens with zero attached hydrogens (tertiary/aromatic N) is 1. The summed E-state index contributed by atoms with van der Waals surface area (Å²) < 4.78 is 9.84. The van der Waals surface area contributed by atoms with E-state index in [4.69, 9.17) is 9.47 Å². The highest BCUT2D eigenvalue weighted by molar-refractivity contribution is 6.08. The van der Waals surface area contributed by atoms with Crippen LogP contribution in [0.15, 0.2) is 41.4 Å². The second kappa shape index (κ2) is 3.96. The lowest BCUT2D eigenvalue weighted by atomic mass is 10.3. The van der Waals surface area contributed by atoms with Gasteiger partial charge in [-0.3, -0.25) is 0 Å². The van der Waals surface area contributed by atoms with Gasteiger partial charge in [-0.1, -0.05) is 6.07 Å². The number of ether oxygens (including phenoxy) is 2. The van der Waals surface area contributed by atoms with Crippen molar-refractivity contribution in [2.45, 2.75) is 0 Å². The maximum Gasteiger partial charge on any atom is 0.337 e. The molecular weight excluding hydrogens is 194 g/mol. The van der Waals surface area contributed by atoms with Gasteiger partial charge in [0, 0.05) is 18.2 Å². The average molecular weight is 203 g/mol. The molecule has 1 aliphatic rings. The van der Waals surface area contributed by atoms with Gasteiger partial charge in [0.15, 0.2) is 0 Å². The van der Waals surface area contributed by atoms with Gasteiger partial charge in [-0.2, -0.15) is 0 Å². The number of benzene rings is 1. The van der Waals surface area contributed by atoms with E-state index in [9.17, 15) is 4.79 Å². The molecule has 0 fully saturated rings. The van der Waals surface area contributed by atoms with Crippen molar-refractivity contribution in [1.29, 1.82) is 0 Å². The van der Waals surface area contributed by atoms with Gasteiger partial charge in [0.2, 0.25) is 5.90 Å². The summed E-state index contributed by atoms with van der Waals surface area (Å²) in [6, 6.07) is 7.20. The Balaban J connectivity index is 2.24. The number of hydrogen-bond acceptors (Lipinski definition) is 4. The van der Waals surface area contributed by atoms with Crippen LogP contribution in [-0.4, -0.2) is 19.0 Å². The van der Waals surface area contributed by atoms with Gasteiger partial charge in [-0.25, -0.2) is 9.79 Å². The fraction of sp³-hybridized carbons (Fsp3) is 0.0909. The van der Waals surface area contributed by atoms with E-state index >= 15 is 0 Å². The highest BCUT2D eigenvalue weighted by atomic mass is 16.5. The molecule has 0 saturated heterocycles. The maximum absolute atomic E-state index is 10.8. The van der Waals surface area contributed by atoms with Crippen molar-refractivity contribution in [3.05, 3.63) is 36.4 Å². The normalized spacial score (nSPS) is 16.9. The third kappa shape index (κ3) is 2.22. The number of hydrogen-bond donors (Lipinski definition) is 0. The van der Waals surface area contributed by atoms with Crippen LogP contribution in [-0.2, 0) is 9.53 Å². The quantitative estimate of drug-likeness (QED) is 0.689. The predicted molar refractivity (Wildman–Crippen MR) is 55.3 cm³/mol. The first kappa shape index (κ1) is 9.45. The second-order valence-electron chi connectivity index (χ2n) is 2.91. The van der Waals surface area contributed by atoms with E-state index in [0.717, 1.165) is 0 Å². The van der Waals surface area contributed by atoms with E-state index < -0.39 is 5.97 Å². The molecule has 76 valence electrons. The van der Waals surface area contributed by atoms with Crippen LogP contribution < -0.4 is 4.74 Å². The Hall–Kier alpha value is -2.10. The van der Waals surface area contributed by atoms with Crippen molar-refractivity contribution < 1.29 is 14.3 Å². The molecule has 0 aliphatic carbocycles. The van der Waals surface area contributed by atoms with Crippen molar-refractivity contribution in [2.75, 3.05) is 7.11 Å². The molecule has 4 heteroatoms. The van der Waals surface area contributed by atoms with E-state index in [1.165, 1.54) is 12.2 Å². The molecule has 1 aromatic rings. The topological polar surface area (TPSA) is 47.9 Å². The molecule has 0 aromatic heterocycles. The molecular formula is C11H9NO3. The zero-order valence-corrected chi connectivity index (χ0v) is 8.14. The lowest BCUT2D eigenvalue weighted by molar-refractivity contribution is -0.129. The Morgan fingerprint density at radius 2 is 2.20 bits per heavy atom. The first-order valence-electron chi connectivity index (χ1n) is 4.40. The molecule has 0 unspecified atom stereocenters. The second-order valence-corrected chi connectivity index (χ2v) is 2.91. The summed E-state index contributed by atoms with van der Waals surface area (Å²) in [5.41, 5.74) is 0.684. The van der Waals surface area contributed by atoms with Crippen molar-refractivity contribution in [1.82, 2.24) is 0 Å². The van der Waals surface area contributed by atoms with Crippen LogP contribution >= 0.6 is 0 Å². The Kier molecular flexibility index (Phi) is 2.49. The smallest absolute Gasteiger partial charge is 0.337 e. The highest BCUT2D eigenvalue weighted by Crippen LogP contribution is 2.20. The van der Waals surface area contributed by atoms with E-state index in [1.807, 2.05) is 12.1 Å². The highest BCUT2D eigenvalue weighted by Gasteiger charge is 2.10. The number of carbonyl (C=O) groups excluding carboxylic acids is 1. The van der Waals surface area contributed by atoms with Gasteiger partial charge >= 0.3 is 5.97 Å². The summed E-state index contributed by atoms with van der Waals surface area (Å²) in [6.07, 6.45) is 2.86. The predicted octanol–water partition coefficient (Wildman–Crippen LogP) is 1.84. The van der Waals surface area contributed by atoms with Crippen LogP contribution in [0.3, 0.4) is 0 Å². The number of rotatable bonds is 2. The van der Waals surface area contributed by atoms with Crippen molar-refractivity contribution in [3.63, 3.8) is 0 Å². The van der Waals surface area contributed by atoms with Gasteiger partial charge in [0.1, 0.15) is 5.75 Å². The van der Waals surface area contributed by atoms with Crippen LogP contribution in [0.2, 0.25) is 0 Å². The van der Waals surface area contributed by atoms with Crippen LogP contribution in [0.5, 0.6) is 5.75 Å². The summed E-state index contributed by atoms with van der Waals surface area (Å²) in [4.78, 5) is 14.9. The first-order valence-corrected chi connectivity index (χ1v) is 4.40. The molecule has 15 heavy (non-hydrogen) atoms. The minimum absolute atomic E-state index is 0.299. The molecule has 1 heterocycles. The van der Waals surface area contributed by atoms with Crippen molar-refractivity contribution >= 4 is 17.6 Å². The summed E-state index contributed by atoms with van der Waals surface area (Å²) in [7, 11) is 1.59. The monoisotopic (exact) mass is 203 g/mol. The number of methoxy groups -OCH3 is 1. The molecule has 1 aliphatic heterocycles. The molecule has 0 saturated carbocycles. The average Bonchev–Trinajstić information content (AvgIpc) is 2.64.